The molecule has 2 aromatic rings. The minimum atomic E-state index is -0.516. The zero-order valence-corrected chi connectivity index (χ0v) is 20.2. The maximum atomic E-state index is 10.3. The van der Waals surface area contributed by atoms with Gasteiger partial charge in [0, 0.05) is 36.8 Å². The van der Waals surface area contributed by atoms with E-state index in [-0.39, 0.29) is 12.0 Å². The Morgan fingerprint density at radius 2 is 1.44 bits per heavy atom. The molecular formula is C26H36ClNO4. The maximum absolute atomic E-state index is 10.3. The highest BCUT2D eigenvalue weighted by Gasteiger charge is 2.23. The lowest BCUT2D eigenvalue weighted by Crippen LogP contribution is -2.42. The van der Waals surface area contributed by atoms with Crippen molar-refractivity contribution in [1.82, 2.24) is 4.90 Å². The first kappa shape index (κ1) is 24.8. The molecule has 6 heteroatoms. The van der Waals surface area contributed by atoms with Gasteiger partial charge in [-0.15, -0.1) is 11.6 Å². The van der Waals surface area contributed by atoms with Gasteiger partial charge in [-0.3, -0.25) is 4.90 Å². The second-order valence-electron chi connectivity index (χ2n) is 9.12. The van der Waals surface area contributed by atoms with Gasteiger partial charge in [-0.1, -0.05) is 45.0 Å². The van der Waals surface area contributed by atoms with E-state index in [4.69, 9.17) is 25.8 Å². The van der Waals surface area contributed by atoms with Crippen molar-refractivity contribution in [1.29, 1.82) is 0 Å². The molecular weight excluding hydrogens is 426 g/mol. The molecule has 0 saturated carbocycles. The van der Waals surface area contributed by atoms with Crippen LogP contribution in [0.5, 0.6) is 11.5 Å². The molecule has 1 N–H and O–H groups in total. The fourth-order valence-corrected chi connectivity index (χ4v) is 3.80. The number of hydrogen-bond donors (Lipinski definition) is 1. The summed E-state index contributed by atoms with van der Waals surface area (Å²) in [6.07, 6.45) is -0.516. The molecule has 2 atom stereocenters. The van der Waals surface area contributed by atoms with Crippen LogP contribution in [0.15, 0.2) is 48.5 Å². The smallest absolute Gasteiger partial charge is 0.119 e. The van der Waals surface area contributed by atoms with Gasteiger partial charge in [0.25, 0.3) is 0 Å². The number of morpholine rings is 1. The number of halogens is 1. The van der Waals surface area contributed by atoms with Crippen molar-refractivity contribution in [2.45, 2.75) is 32.3 Å². The van der Waals surface area contributed by atoms with Crippen molar-refractivity contribution in [3.05, 3.63) is 59.7 Å². The van der Waals surface area contributed by atoms with Gasteiger partial charge >= 0.3 is 0 Å². The first-order valence-electron chi connectivity index (χ1n) is 11.4. The summed E-state index contributed by atoms with van der Waals surface area (Å²) in [7, 11) is 0. The van der Waals surface area contributed by atoms with Crippen molar-refractivity contribution in [3.63, 3.8) is 0 Å². The molecule has 1 heterocycles. The summed E-state index contributed by atoms with van der Waals surface area (Å²) >= 11 is 5.85. The average molecular weight is 462 g/mol. The predicted octanol–water partition coefficient (Wildman–Crippen LogP) is 4.34. The van der Waals surface area contributed by atoms with Crippen LogP contribution in [-0.4, -0.2) is 68.1 Å². The Labute approximate surface area is 197 Å². The van der Waals surface area contributed by atoms with E-state index in [0.717, 1.165) is 37.8 Å². The summed E-state index contributed by atoms with van der Waals surface area (Å²) in [4.78, 5) is 2.21. The first-order valence-corrected chi connectivity index (χ1v) is 11.9. The number of nitrogens with zero attached hydrogens (tertiary/aromatic N) is 1. The normalized spacial score (nSPS) is 17.0. The molecule has 32 heavy (non-hydrogen) atoms. The Balaban J connectivity index is 1.53. The number of rotatable bonds is 11. The van der Waals surface area contributed by atoms with Gasteiger partial charge < -0.3 is 19.3 Å². The highest BCUT2D eigenvalue weighted by molar-refractivity contribution is 6.18. The quantitative estimate of drug-likeness (QED) is 0.504. The van der Waals surface area contributed by atoms with Gasteiger partial charge in [-0.25, -0.2) is 0 Å². The first-order chi connectivity index (χ1) is 15.4. The number of benzene rings is 2. The fourth-order valence-electron chi connectivity index (χ4n) is 3.71. The minimum Gasteiger partial charge on any atom is -0.493 e. The number of aliphatic hydroxyl groups excluding tert-OH is 1. The molecule has 1 fully saturated rings. The van der Waals surface area contributed by atoms with Crippen LogP contribution in [0.1, 0.15) is 31.9 Å². The predicted molar refractivity (Wildman–Crippen MR) is 129 cm³/mol. The van der Waals surface area contributed by atoms with Gasteiger partial charge in [-0.2, -0.15) is 0 Å². The van der Waals surface area contributed by atoms with Crippen LogP contribution >= 0.6 is 11.6 Å². The van der Waals surface area contributed by atoms with E-state index in [1.54, 1.807) is 0 Å². The van der Waals surface area contributed by atoms with E-state index >= 15 is 0 Å². The molecule has 0 radical (unpaired) electrons. The van der Waals surface area contributed by atoms with Crippen LogP contribution in [0.3, 0.4) is 0 Å². The Morgan fingerprint density at radius 3 is 1.94 bits per heavy atom. The topological polar surface area (TPSA) is 51.2 Å². The molecule has 0 amide bonds. The molecule has 1 saturated heterocycles. The molecule has 0 aromatic heterocycles. The average Bonchev–Trinajstić information content (AvgIpc) is 2.82. The van der Waals surface area contributed by atoms with Gasteiger partial charge in [-0.05, 0) is 35.4 Å². The second-order valence-corrected chi connectivity index (χ2v) is 9.43. The van der Waals surface area contributed by atoms with Crippen LogP contribution in [0, 0.1) is 5.92 Å². The van der Waals surface area contributed by atoms with E-state index < -0.39 is 6.10 Å². The van der Waals surface area contributed by atoms with Crippen LogP contribution in [-0.2, 0) is 10.2 Å². The molecule has 1 aliphatic heterocycles. The lowest BCUT2D eigenvalue weighted by atomic mass is 9.78. The third kappa shape index (κ3) is 7.11. The Bertz CT molecular complexity index is 804. The van der Waals surface area contributed by atoms with Crippen molar-refractivity contribution in [2.75, 3.05) is 51.9 Å². The zero-order chi connectivity index (χ0) is 23.0. The largest absolute Gasteiger partial charge is 0.493 e. The van der Waals surface area contributed by atoms with Crippen LogP contribution in [0.4, 0.5) is 0 Å². The van der Waals surface area contributed by atoms with Gasteiger partial charge in [0.05, 0.1) is 19.8 Å². The Kier molecular flexibility index (Phi) is 9.23. The van der Waals surface area contributed by atoms with Crippen LogP contribution in [0.2, 0.25) is 0 Å². The lowest BCUT2D eigenvalue weighted by Gasteiger charge is -2.28. The zero-order valence-electron chi connectivity index (χ0n) is 19.4. The number of alkyl halides is 1. The summed E-state index contributed by atoms with van der Waals surface area (Å²) in [5.74, 6) is 2.55. The third-order valence-corrected chi connectivity index (χ3v) is 6.49. The monoisotopic (exact) mass is 461 g/mol. The van der Waals surface area contributed by atoms with Crippen molar-refractivity contribution < 1.29 is 19.3 Å². The summed E-state index contributed by atoms with van der Waals surface area (Å²) in [5.41, 5.74) is 2.25. The van der Waals surface area contributed by atoms with E-state index in [1.165, 1.54) is 11.1 Å². The summed E-state index contributed by atoms with van der Waals surface area (Å²) < 4.78 is 17.0. The van der Waals surface area contributed by atoms with Crippen LogP contribution in [0.25, 0.3) is 0 Å². The van der Waals surface area contributed by atoms with E-state index in [9.17, 15) is 5.11 Å². The maximum Gasteiger partial charge on any atom is 0.119 e. The number of aliphatic hydroxyl groups is 1. The molecule has 0 aliphatic carbocycles. The SMILES string of the molecule is CC(CCl)COc1ccc(C(C)(C)c2ccc(OCC(O)CN3CCOCC3)cc2)cc1. The molecule has 0 bridgehead atoms. The van der Waals surface area contributed by atoms with Crippen molar-refractivity contribution in [3.8, 4) is 11.5 Å². The Hall–Kier alpha value is -1.79. The highest BCUT2D eigenvalue weighted by atomic mass is 35.5. The number of β-amino-alcohol motifs (C(OH)–C–C–N with tert-alkyl or cyclic N) is 1. The molecule has 1 aliphatic rings. The number of ether oxygens (including phenoxy) is 3. The second kappa shape index (κ2) is 11.9. The van der Waals surface area contributed by atoms with Gasteiger partial charge in [0.15, 0.2) is 0 Å². The third-order valence-electron chi connectivity index (χ3n) is 5.96. The summed E-state index contributed by atoms with van der Waals surface area (Å²) in [5, 5.41) is 10.3. The minimum absolute atomic E-state index is 0.156. The van der Waals surface area contributed by atoms with Gasteiger partial charge in [0.2, 0.25) is 0 Å². The molecule has 2 aromatic carbocycles. The van der Waals surface area contributed by atoms with Crippen molar-refractivity contribution >= 4 is 11.6 Å². The van der Waals surface area contributed by atoms with Gasteiger partial charge in [0.1, 0.15) is 24.2 Å². The van der Waals surface area contributed by atoms with Crippen LogP contribution < -0.4 is 9.47 Å². The molecule has 0 spiro atoms. The molecule has 2 unspecified atom stereocenters. The highest BCUT2D eigenvalue weighted by Crippen LogP contribution is 2.33. The number of hydrogen-bond acceptors (Lipinski definition) is 5. The lowest BCUT2D eigenvalue weighted by molar-refractivity contribution is 0.00465. The molecule has 3 rings (SSSR count). The van der Waals surface area contributed by atoms with E-state index in [0.29, 0.717) is 24.9 Å². The van der Waals surface area contributed by atoms with E-state index in [2.05, 4.69) is 49.9 Å². The summed E-state index contributed by atoms with van der Waals surface area (Å²) in [6.45, 7) is 11.2. The fraction of sp³-hybridized carbons (Fsp3) is 0.538. The molecule has 176 valence electrons. The van der Waals surface area contributed by atoms with Crippen molar-refractivity contribution in [2.24, 2.45) is 5.92 Å². The standard InChI is InChI=1S/C26H36ClNO4/c1-20(16-27)18-31-24-8-4-21(5-9-24)26(2,3)22-6-10-25(11-7-22)32-19-23(29)17-28-12-14-30-15-13-28/h4-11,20,23,29H,12-19H2,1-3H3. The van der Waals surface area contributed by atoms with E-state index in [1.807, 2.05) is 24.3 Å². The Morgan fingerprint density at radius 1 is 0.938 bits per heavy atom. The molecule has 5 nitrogen and oxygen atoms in total. The summed E-state index contributed by atoms with van der Waals surface area (Å²) in [6, 6.07) is 16.4.